The van der Waals surface area contributed by atoms with Gasteiger partial charge in [-0.05, 0) is 67.1 Å². The molecule has 0 spiro atoms. The standard InChI is InChI=1S/C31H37N5O9S/c1-16(2)24(26(37)29-33-21-15-19(31(41)44-5)10-13-23(21)45-29)34-28(39)22-7-6-14-36(22)30(40)25(17(3)4)35-27(38)18-8-11-20(12-9-18)46(32,42)43/h8-13,15-17,22,24-25H,6-7,14H2,1-5H3,(H,34,39)(H,35,38)(H2,32,42,43)/t22-,24-,25-/m0/s1. The first-order valence-electron chi connectivity index (χ1n) is 14.7. The third-order valence-corrected chi connectivity index (χ3v) is 8.70. The van der Waals surface area contributed by atoms with Gasteiger partial charge in [0.1, 0.15) is 17.6 Å². The predicted molar refractivity (Wildman–Crippen MR) is 165 cm³/mol. The summed E-state index contributed by atoms with van der Waals surface area (Å²) in [5.74, 6) is -3.70. The summed E-state index contributed by atoms with van der Waals surface area (Å²) in [4.78, 5) is 71.2. The quantitative estimate of drug-likeness (QED) is 0.202. The summed E-state index contributed by atoms with van der Waals surface area (Å²) in [6.07, 6.45) is 0.884. The molecule has 15 heteroatoms. The van der Waals surface area contributed by atoms with E-state index >= 15 is 0 Å². The highest BCUT2D eigenvalue weighted by atomic mass is 32.2. The number of carbonyl (C=O) groups excluding carboxylic acids is 5. The molecule has 46 heavy (non-hydrogen) atoms. The van der Waals surface area contributed by atoms with Gasteiger partial charge < -0.3 is 24.7 Å². The molecule has 3 aromatic rings. The summed E-state index contributed by atoms with van der Waals surface area (Å²) in [7, 11) is -2.69. The maximum atomic E-state index is 13.7. The number of amides is 3. The molecule has 246 valence electrons. The van der Waals surface area contributed by atoms with Gasteiger partial charge in [0.2, 0.25) is 27.6 Å². The van der Waals surface area contributed by atoms with Gasteiger partial charge in [-0.15, -0.1) is 0 Å². The van der Waals surface area contributed by atoms with Crippen molar-refractivity contribution in [3.8, 4) is 0 Å². The molecular formula is C31H37N5O9S. The van der Waals surface area contributed by atoms with E-state index in [1.165, 1.54) is 54.5 Å². The molecule has 3 atom stereocenters. The second-order valence-corrected chi connectivity index (χ2v) is 13.3. The number of hydrogen-bond acceptors (Lipinski definition) is 10. The average molecular weight is 656 g/mol. The Bertz CT molecular complexity index is 1770. The number of sulfonamides is 1. The first-order valence-corrected chi connectivity index (χ1v) is 16.2. The molecule has 0 saturated carbocycles. The zero-order valence-electron chi connectivity index (χ0n) is 26.1. The maximum absolute atomic E-state index is 13.7. The lowest BCUT2D eigenvalue weighted by atomic mass is 9.98. The van der Waals surface area contributed by atoms with E-state index in [1.54, 1.807) is 27.7 Å². The second kappa shape index (κ2) is 13.8. The van der Waals surface area contributed by atoms with Crippen molar-refractivity contribution in [1.82, 2.24) is 20.5 Å². The van der Waals surface area contributed by atoms with Crippen LogP contribution in [0.2, 0.25) is 0 Å². The second-order valence-electron chi connectivity index (χ2n) is 11.7. The lowest BCUT2D eigenvalue weighted by Gasteiger charge is -2.31. The monoisotopic (exact) mass is 655 g/mol. The third-order valence-electron chi connectivity index (χ3n) is 7.77. The highest BCUT2D eigenvalue weighted by Gasteiger charge is 2.40. The van der Waals surface area contributed by atoms with Gasteiger partial charge in [0.15, 0.2) is 5.58 Å². The van der Waals surface area contributed by atoms with Crippen LogP contribution in [0.1, 0.15) is 71.9 Å². The van der Waals surface area contributed by atoms with Crippen LogP contribution in [0.15, 0.2) is 51.8 Å². The van der Waals surface area contributed by atoms with Crippen LogP contribution >= 0.6 is 0 Å². The molecule has 2 heterocycles. The minimum Gasteiger partial charge on any atom is -0.465 e. The molecule has 0 bridgehead atoms. The molecule has 1 aliphatic heterocycles. The predicted octanol–water partition coefficient (Wildman–Crippen LogP) is 2.03. The summed E-state index contributed by atoms with van der Waals surface area (Å²) in [6.45, 7) is 7.27. The number of ether oxygens (including phenoxy) is 1. The number of fused-ring (bicyclic) bond motifs is 1. The van der Waals surface area contributed by atoms with Gasteiger partial charge in [0.25, 0.3) is 11.8 Å². The van der Waals surface area contributed by atoms with Gasteiger partial charge in [0, 0.05) is 12.1 Å². The molecule has 4 N–H and O–H groups in total. The number of nitrogens with two attached hydrogens (primary N) is 1. The van der Waals surface area contributed by atoms with Crippen molar-refractivity contribution < 1.29 is 41.5 Å². The number of ketones is 1. The number of aromatic nitrogens is 1. The molecule has 2 aromatic carbocycles. The Hall–Kier alpha value is -4.63. The highest BCUT2D eigenvalue weighted by Crippen LogP contribution is 2.23. The average Bonchev–Trinajstić information content (AvgIpc) is 3.68. The molecule has 1 saturated heterocycles. The van der Waals surface area contributed by atoms with Crippen molar-refractivity contribution in [3.63, 3.8) is 0 Å². The lowest BCUT2D eigenvalue weighted by Crippen LogP contribution is -2.57. The van der Waals surface area contributed by atoms with E-state index in [0.29, 0.717) is 12.8 Å². The fourth-order valence-electron chi connectivity index (χ4n) is 5.21. The summed E-state index contributed by atoms with van der Waals surface area (Å²) < 4.78 is 33.5. The number of oxazole rings is 1. The van der Waals surface area contributed by atoms with E-state index in [4.69, 9.17) is 14.3 Å². The summed E-state index contributed by atoms with van der Waals surface area (Å²) in [5.41, 5.74) is 0.910. The summed E-state index contributed by atoms with van der Waals surface area (Å²) in [5, 5.41) is 10.6. The SMILES string of the molecule is COC(=O)c1ccc2oc(C(=O)[C@@H](NC(=O)[C@@H]3CCCN3C(=O)[C@@H](NC(=O)c3ccc(S(N)(=O)=O)cc3)C(C)C)C(C)C)nc2c1. The molecule has 3 amide bonds. The zero-order valence-corrected chi connectivity index (χ0v) is 26.9. The molecule has 0 aliphatic carbocycles. The fraction of sp³-hybridized carbons (Fsp3) is 0.419. The van der Waals surface area contributed by atoms with Crippen LogP contribution in [0.5, 0.6) is 0 Å². The third kappa shape index (κ3) is 7.42. The number of methoxy groups -OCH3 is 1. The zero-order chi connectivity index (χ0) is 33.9. The Morgan fingerprint density at radius 3 is 2.17 bits per heavy atom. The van der Waals surface area contributed by atoms with Crippen LogP contribution < -0.4 is 15.8 Å². The van der Waals surface area contributed by atoms with Crippen LogP contribution in [0.4, 0.5) is 0 Å². The van der Waals surface area contributed by atoms with E-state index in [-0.39, 0.29) is 51.4 Å². The van der Waals surface area contributed by atoms with Crippen molar-refractivity contribution in [1.29, 1.82) is 0 Å². The van der Waals surface area contributed by atoms with Crippen LogP contribution in [0, 0.1) is 11.8 Å². The van der Waals surface area contributed by atoms with Crippen molar-refractivity contribution >= 4 is 50.6 Å². The van der Waals surface area contributed by atoms with Crippen LogP contribution in [0.3, 0.4) is 0 Å². The van der Waals surface area contributed by atoms with Crippen molar-refractivity contribution in [3.05, 3.63) is 59.5 Å². The number of hydrogen-bond donors (Lipinski definition) is 3. The number of nitrogens with zero attached hydrogens (tertiary/aromatic N) is 2. The van der Waals surface area contributed by atoms with Crippen LogP contribution in [-0.4, -0.2) is 79.6 Å². The fourth-order valence-corrected chi connectivity index (χ4v) is 5.73. The van der Waals surface area contributed by atoms with Gasteiger partial charge in [-0.1, -0.05) is 27.7 Å². The van der Waals surface area contributed by atoms with Crippen molar-refractivity contribution in [2.45, 2.75) is 63.6 Å². The van der Waals surface area contributed by atoms with Gasteiger partial charge >= 0.3 is 5.97 Å². The Kier molecular flexibility index (Phi) is 10.3. The number of likely N-dealkylation sites (tertiary alicyclic amines) is 1. The molecule has 1 aromatic heterocycles. The van der Waals surface area contributed by atoms with Gasteiger partial charge in [-0.2, -0.15) is 0 Å². The van der Waals surface area contributed by atoms with Gasteiger partial charge in [-0.3, -0.25) is 19.2 Å². The van der Waals surface area contributed by atoms with E-state index in [0.717, 1.165) is 0 Å². The molecule has 14 nitrogen and oxygen atoms in total. The Morgan fingerprint density at radius 2 is 1.59 bits per heavy atom. The van der Waals surface area contributed by atoms with E-state index in [2.05, 4.69) is 15.6 Å². The lowest BCUT2D eigenvalue weighted by molar-refractivity contribution is -0.140. The number of rotatable bonds is 11. The molecule has 1 fully saturated rings. The molecule has 0 unspecified atom stereocenters. The number of esters is 1. The smallest absolute Gasteiger partial charge is 0.337 e. The van der Waals surface area contributed by atoms with E-state index < -0.39 is 57.6 Å². The number of nitrogens with one attached hydrogen (secondary N) is 2. The van der Waals surface area contributed by atoms with Crippen molar-refractivity contribution in [2.75, 3.05) is 13.7 Å². The van der Waals surface area contributed by atoms with E-state index in [1.807, 2.05) is 0 Å². The number of carbonyl (C=O) groups is 5. The first kappa shape index (κ1) is 34.2. The van der Waals surface area contributed by atoms with Gasteiger partial charge in [0.05, 0.1) is 23.6 Å². The Morgan fingerprint density at radius 1 is 0.957 bits per heavy atom. The van der Waals surface area contributed by atoms with E-state index in [9.17, 15) is 32.4 Å². The number of Topliss-reactive ketones (excluding diaryl/α,β-unsaturated/α-hetero) is 1. The number of benzene rings is 2. The molecule has 4 rings (SSSR count). The number of primary sulfonamides is 1. The minimum atomic E-state index is -3.94. The molecule has 1 aliphatic rings. The largest absolute Gasteiger partial charge is 0.465 e. The molecular weight excluding hydrogens is 618 g/mol. The first-order chi connectivity index (χ1) is 21.6. The summed E-state index contributed by atoms with van der Waals surface area (Å²) >= 11 is 0. The Labute approximate surface area is 266 Å². The minimum absolute atomic E-state index is 0.126. The normalized spacial score (nSPS) is 16.3. The van der Waals surface area contributed by atoms with Crippen molar-refractivity contribution in [2.24, 2.45) is 17.0 Å². The van der Waals surface area contributed by atoms with Crippen LogP contribution in [0.25, 0.3) is 11.1 Å². The van der Waals surface area contributed by atoms with Gasteiger partial charge in [-0.25, -0.2) is 23.3 Å². The molecule has 0 radical (unpaired) electrons. The van der Waals surface area contributed by atoms with Crippen LogP contribution in [-0.2, 0) is 24.3 Å². The summed E-state index contributed by atoms with van der Waals surface area (Å²) in [6, 6.07) is 6.50. The Balaban J connectivity index is 1.48. The highest BCUT2D eigenvalue weighted by molar-refractivity contribution is 7.89. The maximum Gasteiger partial charge on any atom is 0.337 e. The topological polar surface area (TPSA) is 208 Å².